The lowest BCUT2D eigenvalue weighted by Gasteiger charge is -2.13. The number of carbonyl (C=O) groups excluding carboxylic acids is 2. The number of hydrogen-bond acceptors (Lipinski definition) is 4. The SMILES string of the molecule is Cc1ccsc1C(=O)O[C@@H](C)C(=O)c1ccc2c(c1)CCC2. The van der Waals surface area contributed by atoms with Gasteiger partial charge < -0.3 is 4.74 Å². The third-order valence-electron chi connectivity index (χ3n) is 4.08. The number of fused-ring (bicyclic) bond motifs is 1. The third-order valence-corrected chi connectivity index (χ3v) is 5.08. The number of thiophene rings is 1. The molecule has 2 aromatic rings. The van der Waals surface area contributed by atoms with Crippen LogP contribution in [0.25, 0.3) is 0 Å². The molecule has 0 radical (unpaired) electrons. The van der Waals surface area contributed by atoms with Crippen LogP contribution in [0.15, 0.2) is 29.6 Å². The van der Waals surface area contributed by atoms with Gasteiger partial charge in [-0.25, -0.2) is 4.79 Å². The van der Waals surface area contributed by atoms with Gasteiger partial charge >= 0.3 is 5.97 Å². The smallest absolute Gasteiger partial charge is 0.349 e. The van der Waals surface area contributed by atoms with E-state index in [1.165, 1.54) is 22.5 Å². The Hall–Kier alpha value is -1.94. The predicted molar refractivity (Wildman–Crippen MR) is 86.7 cm³/mol. The molecule has 0 amide bonds. The molecule has 0 saturated carbocycles. The zero-order valence-electron chi connectivity index (χ0n) is 12.7. The molecule has 0 spiro atoms. The molecule has 0 bridgehead atoms. The fourth-order valence-corrected chi connectivity index (χ4v) is 3.62. The molecule has 1 atom stereocenters. The maximum Gasteiger partial charge on any atom is 0.349 e. The summed E-state index contributed by atoms with van der Waals surface area (Å²) in [5.74, 6) is -0.563. The van der Waals surface area contributed by atoms with E-state index in [1.54, 1.807) is 6.92 Å². The van der Waals surface area contributed by atoms with Crippen LogP contribution in [0, 0.1) is 6.92 Å². The standard InChI is InChI=1S/C18H18O3S/c1-11-8-9-22-17(11)18(20)21-12(2)16(19)15-7-6-13-4-3-5-14(13)10-15/h6-10,12H,3-5H2,1-2H3/t12-/m0/s1. The van der Waals surface area contributed by atoms with Gasteiger partial charge in [-0.3, -0.25) is 4.79 Å². The molecule has 0 N–H and O–H groups in total. The molecule has 1 heterocycles. The van der Waals surface area contributed by atoms with Crippen molar-refractivity contribution in [3.05, 3.63) is 56.8 Å². The summed E-state index contributed by atoms with van der Waals surface area (Å²) in [5, 5.41) is 1.85. The molecule has 4 heteroatoms. The van der Waals surface area contributed by atoms with Crippen LogP contribution < -0.4 is 0 Å². The highest BCUT2D eigenvalue weighted by atomic mass is 32.1. The van der Waals surface area contributed by atoms with Crippen molar-refractivity contribution < 1.29 is 14.3 Å². The van der Waals surface area contributed by atoms with Gasteiger partial charge in [0.05, 0.1) is 0 Å². The molecule has 0 fully saturated rings. The maximum absolute atomic E-state index is 12.5. The molecule has 0 unspecified atom stereocenters. The number of aryl methyl sites for hydroxylation is 3. The van der Waals surface area contributed by atoms with Gasteiger partial charge in [0.25, 0.3) is 0 Å². The molecule has 22 heavy (non-hydrogen) atoms. The quantitative estimate of drug-likeness (QED) is 0.633. The second kappa shape index (κ2) is 6.05. The fourth-order valence-electron chi connectivity index (χ4n) is 2.81. The van der Waals surface area contributed by atoms with Gasteiger partial charge in [-0.1, -0.05) is 12.1 Å². The Balaban J connectivity index is 1.72. The Bertz CT molecular complexity index is 730. The maximum atomic E-state index is 12.5. The largest absolute Gasteiger partial charge is 0.450 e. The van der Waals surface area contributed by atoms with Crippen molar-refractivity contribution in [1.82, 2.24) is 0 Å². The Morgan fingerprint density at radius 2 is 1.95 bits per heavy atom. The van der Waals surface area contributed by atoms with Gasteiger partial charge in [-0.05, 0) is 67.3 Å². The van der Waals surface area contributed by atoms with E-state index in [1.807, 2.05) is 36.6 Å². The number of Topliss-reactive ketones (excluding diaryl/α,β-unsaturated/α-hetero) is 1. The first-order chi connectivity index (χ1) is 10.6. The fraction of sp³-hybridized carbons (Fsp3) is 0.333. The molecule has 114 valence electrons. The van der Waals surface area contributed by atoms with E-state index in [9.17, 15) is 9.59 Å². The molecule has 0 aliphatic heterocycles. The average Bonchev–Trinajstić information content (AvgIpc) is 3.13. The van der Waals surface area contributed by atoms with Gasteiger partial charge in [-0.15, -0.1) is 11.3 Å². The highest BCUT2D eigenvalue weighted by Gasteiger charge is 2.23. The van der Waals surface area contributed by atoms with Crippen molar-refractivity contribution >= 4 is 23.1 Å². The van der Waals surface area contributed by atoms with Crippen molar-refractivity contribution in [3.63, 3.8) is 0 Å². The van der Waals surface area contributed by atoms with Gasteiger partial charge in [-0.2, -0.15) is 0 Å². The average molecular weight is 314 g/mol. The van der Waals surface area contributed by atoms with Crippen molar-refractivity contribution in [1.29, 1.82) is 0 Å². The minimum Gasteiger partial charge on any atom is -0.450 e. The number of ether oxygens (including phenoxy) is 1. The van der Waals surface area contributed by atoms with Crippen molar-refractivity contribution in [2.24, 2.45) is 0 Å². The highest BCUT2D eigenvalue weighted by Crippen LogP contribution is 2.24. The first-order valence-electron chi connectivity index (χ1n) is 7.47. The van der Waals surface area contributed by atoms with Crippen LogP contribution in [0.5, 0.6) is 0 Å². The zero-order valence-corrected chi connectivity index (χ0v) is 13.5. The number of carbonyl (C=O) groups is 2. The lowest BCUT2D eigenvalue weighted by Crippen LogP contribution is -2.24. The molecule has 1 aromatic carbocycles. The van der Waals surface area contributed by atoms with Crippen LogP contribution in [0.2, 0.25) is 0 Å². The zero-order chi connectivity index (χ0) is 15.7. The van der Waals surface area contributed by atoms with Gasteiger partial charge in [0, 0.05) is 5.56 Å². The van der Waals surface area contributed by atoms with E-state index in [2.05, 4.69) is 0 Å². The minimum absolute atomic E-state index is 0.141. The lowest BCUT2D eigenvalue weighted by molar-refractivity contribution is 0.0323. The van der Waals surface area contributed by atoms with Crippen LogP contribution >= 0.6 is 11.3 Å². The first-order valence-corrected chi connectivity index (χ1v) is 8.35. The Labute approximate surface area is 133 Å². The number of ketones is 1. The van der Waals surface area contributed by atoms with Crippen molar-refractivity contribution in [2.45, 2.75) is 39.2 Å². The van der Waals surface area contributed by atoms with E-state index in [4.69, 9.17) is 4.74 Å². The van der Waals surface area contributed by atoms with E-state index >= 15 is 0 Å². The molecular formula is C18H18O3S. The number of hydrogen-bond donors (Lipinski definition) is 0. The summed E-state index contributed by atoms with van der Waals surface area (Å²) >= 11 is 1.34. The van der Waals surface area contributed by atoms with Gasteiger partial charge in [0.15, 0.2) is 6.10 Å². The predicted octanol–water partition coefficient (Wildman–Crippen LogP) is 3.97. The highest BCUT2D eigenvalue weighted by molar-refractivity contribution is 7.12. The second-order valence-electron chi connectivity index (χ2n) is 5.68. The molecule has 1 aromatic heterocycles. The van der Waals surface area contributed by atoms with Crippen molar-refractivity contribution in [3.8, 4) is 0 Å². The van der Waals surface area contributed by atoms with E-state index in [0.717, 1.165) is 24.8 Å². The second-order valence-corrected chi connectivity index (χ2v) is 6.60. The summed E-state index contributed by atoms with van der Waals surface area (Å²) in [6, 6.07) is 7.68. The monoisotopic (exact) mass is 314 g/mol. The summed E-state index contributed by atoms with van der Waals surface area (Å²) in [6.45, 7) is 3.50. The Morgan fingerprint density at radius 3 is 2.68 bits per heavy atom. The van der Waals surface area contributed by atoms with E-state index in [0.29, 0.717) is 10.4 Å². The molecular weight excluding hydrogens is 296 g/mol. The van der Waals surface area contributed by atoms with Crippen LogP contribution in [0.3, 0.4) is 0 Å². The first kappa shape index (κ1) is 15.0. The molecule has 1 aliphatic carbocycles. The number of benzene rings is 1. The Morgan fingerprint density at radius 1 is 1.18 bits per heavy atom. The van der Waals surface area contributed by atoms with Crippen LogP contribution in [0.4, 0.5) is 0 Å². The van der Waals surface area contributed by atoms with Crippen LogP contribution in [-0.4, -0.2) is 17.9 Å². The minimum atomic E-state index is -0.770. The van der Waals surface area contributed by atoms with Crippen LogP contribution in [0.1, 0.15) is 50.1 Å². The molecule has 0 saturated heterocycles. The van der Waals surface area contributed by atoms with E-state index < -0.39 is 12.1 Å². The lowest BCUT2D eigenvalue weighted by atomic mass is 10.0. The van der Waals surface area contributed by atoms with Crippen LogP contribution in [-0.2, 0) is 17.6 Å². The van der Waals surface area contributed by atoms with Gasteiger partial charge in [0.1, 0.15) is 4.88 Å². The summed E-state index contributed by atoms with van der Waals surface area (Å²) in [7, 11) is 0. The number of rotatable bonds is 4. The third kappa shape index (κ3) is 2.83. The summed E-state index contributed by atoms with van der Waals surface area (Å²) in [4.78, 5) is 25.1. The summed E-state index contributed by atoms with van der Waals surface area (Å²) in [5.41, 5.74) is 4.09. The number of esters is 1. The molecule has 3 nitrogen and oxygen atoms in total. The molecule has 1 aliphatic rings. The summed E-state index contributed by atoms with van der Waals surface area (Å²) in [6.07, 6.45) is 2.49. The normalized spacial score (nSPS) is 14.5. The summed E-state index contributed by atoms with van der Waals surface area (Å²) < 4.78 is 5.33. The Kier molecular flexibility index (Phi) is 4.12. The molecule has 3 rings (SSSR count). The topological polar surface area (TPSA) is 43.4 Å². The van der Waals surface area contributed by atoms with Gasteiger partial charge in [0.2, 0.25) is 5.78 Å². The van der Waals surface area contributed by atoms with Crippen molar-refractivity contribution in [2.75, 3.05) is 0 Å². The van der Waals surface area contributed by atoms with E-state index in [-0.39, 0.29) is 5.78 Å².